The van der Waals surface area contributed by atoms with Gasteiger partial charge in [0.2, 0.25) is 0 Å². The summed E-state index contributed by atoms with van der Waals surface area (Å²) in [6.07, 6.45) is 0.355. The Labute approximate surface area is 131 Å². The molecule has 122 valence electrons. The van der Waals surface area contributed by atoms with Gasteiger partial charge in [-0.1, -0.05) is 13.0 Å². The standard InChI is InChI=1S/C15H13F2NO4S/c1-2-9-3-4-10(15(19)20)7-14(9)23(21,22)18-11-5-6-12(16)13(17)8-11/h3-8,18H,2H2,1H3,(H,19,20). The van der Waals surface area contributed by atoms with Gasteiger partial charge in [0.1, 0.15) is 0 Å². The number of benzene rings is 2. The molecule has 5 nitrogen and oxygen atoms in total. The van der Waals surface area contributed by atoms with E-state index in [0.29, 0.717) is 18.1 Å². The van der Waals surface area contributed by atoms with Gasteiger partial charge in [0, 0.05) is 6.07 Å². The van der Waals surface area contributed by atoms with E-state index in [4.69, 9.17) is 5.11 Å². The number of rotatable bonds is 5. The van der Waals surface area contributed by atoms with Crippen LogP contribution in [0.15, 0.2) is 41.3 Å². The number of aryl methyl sites for hydroxylation is 1. The van der Waals surface area contributed by atoms with Crippen molar-refractivity contribution in [2.45, 2.75) is 18.2 Å². The molecule has 0 fully saturated rings. The Hall–Kier alpha value is -2.48. The molecular formula is C15H13F2NO4S. The first kappa shape index (κ1) is 16.9. The molecule has 8 heteroatoms. The van der Waals surface area contributed by atoms with Gasteiger partial charge >= 0.3 is 5.97 Å². The smallest absolute Gasteiger partial charge is 0.335 e. The maximum atomic E-state index is 13.2. The van der Waals surface area contributed by atoms with Crippen molar-refractivity contribution in [2.24, 2.45) is 0 Å². The minimum atomic E-state index is -4.14. The molecule has 2 N–H and O–H groups in total. The third kappa shape index (κ3) is 3.65. The summed E-state index contributed by atoms with van der Waals surface area (Å²) in [5, 5.41) is 8.99. The second kappa shape index (κ2) is 6.33. The van der Waals surface area contributed by atoms with Gasteiger partial charge < -0.3 is 5.11 Å². The number of carbonyl (C=O) groups is 1. The van der Waals surface area contributed by atoms with Crippen LogP contribution in [0, 0.1) is 11.6 Å². The lowest BCUT2D eigenvalue weighted by atomic mass is 10.1. The highest BCUT2D eigenvalue weighted by molar-refractivity contribution is 7.92. The monoisotopic (exact) mass is 341 g/mol. The van der Waals surface area contributed by atoms with Crippen LogP contribution in [-0.4, -0.2) is 19.5 Å². The third-order valence-corrected chi connectivity index (χ3v) is 4.62. The second-order valence-corrected chi connectivity index (χ2v) is 6.37. The lowest BCUT2D eigenvalue weighted by molar-refractivity contribution is 0.0696. The van der Waals surface area contributed by atoms with Gasteiger partial charge in [-0.25, -0.2) is 22.0 Å². The summed E-state index contributed by atoms with van der Waals surface area (Å²) in [5.74, 6) is -3.56. The Bertz CT molecular complexity index is 866. The maximum Gasteiger partial charge on any atom is 0.335 e. The number of carboxylic acids is 1. The van der Waals surface area contributed by atoms with E-state index in [0.717, 1.165) is 18.2 Å². The zero-order valence-corrected chi connectivity index (χ0v) is 12.8. The van der Waals surface area contributed by atoms with E-state index in [2.05, 4.69) is 4.72 Å². The molecule has 0 unspecified atom stereocenters. The zero-order chi connectivity index (χ0) is 17.2. The van der Waals surface area contributed by atoms with E-state index < -0.39 is 27.6 Å². The molecule has 0 aliphatic heterocycles. The van der Waals surface area contributed by atoms with Crippen LogP contribution in [0.25, 0.3) is 0 Å². The number of halogens is 2. The number of anilines is 1. The molecule has 0 heterocycles. The number of hydrogen-bond donors (Lipinski definition) is 2. The topological polar surface area (TPSA) is 83.5 Å². The largest absolute Gasteiger partial charge is 0.478 e. The van der Waals surface area contributed by atoms with Crippen molar-refractivity contribution >= 4 is 21.7 Å². The molecule has 0 aliphatic rings. The van der Waals surface area contributed by atoms with Gasteiger partial charge in [-0.15, -0.1) is 0 Å². The quantitative estimate of drug-likeness (QED) is 0.876. The molecule has 0 spiro atoms. The molecule has 0 saturated carbocycles. The number of sulfonamides is 1. The molecule has 0 bridgehead atoms. The van der Waals surface area contributed by atoms with Gasteiger partial charge in [-0.3, -0.25) is 4.72 Å². The van der Waals surface area contributed by atoms with Crippen LogP contribution in [0.3, 0.4) is 0 Å². The van der Waals surface area contributed by atoms with Gasteiger partial charge in [0.15, 0.2) is 11.6 Å². The summed E-state index contributed by atoms with van der Waals surface area (Å²) in [5.41, 5.74) is 0.0598. The SMILES string of the molecule is CCc1ccc(C(=O)O)cc1S(=O)(=O)Nc1ccc(F)c(F)c1. The molecule has 0 atom stereocenters. The molecule has 2 aromatic carbocycles. The Kier molecular flexibility index (Phi) is 4.65. The lowest BCUT2D eigenvalue weighted by Crippen LogP contribution is -2.16. The Balaban J connectivity index is 2.47. The zero-order valence-electron chi connectivity index (χ0n) is 12.0. The van der Waals surface area contributed by atoms with E-state index in [1.807, 2.05) is 0 Å². The van der Waals surface area contributed by atoms with Gasteiger partial charge in [0.25, 0.3) is 10.0 Å². The van der Waals surface area contributed by atoms with Crippen LogP contribution in [0.2, 0.25) is 0 Å². The first-order chi connectivity index (χ1) is 10.7. The summed E-state index contributed by atoms with van der Waals surface area (Å²) in [6, 6.07) is 6.31. The van der Waals surface area contributed by atoms with Gasteiger partial charge in [-0.2, -0.15) is 0 Å². The van der Waals surface area contributed by atoms with Crippen LogP contribution < -0.4 is 4.72 Å². The predicted octanol–water partition coefficient (Wildman–Crippen LogP) is 3.03. The van der Waals surface area contributed by atoms with Crippen molar-refractivity contribution in [3.63, 3.8) is 0 Å². The van der Waals surface area contributed by atoms with Crippen LogP contribution in [-0.2, 0) is 16.4 Å². The molecule has 0 radical (unpaired) electrons. The Morgan fingerprint density at radius 3 is 2.39 bits per heavy atom. The Morgan fingerprint density at radius 1 is 1.13 bits per heavy atom. The first-order valence-electron chi connectivity index (χ1n) is 6.58. The minimum Gasteiger partial charge on any atom is -0.478 e. The molecule has 0 aliphatic carbocycles. The molecule has 0 amide bonds. The predicted molar refractivity (Wildman–Crippen MR) is 79.9 cm³/mol. The molecule has 2 aromatic rings. The fourth-order valence-electron chi connectivity index (χ4n) is 2.00. The number of aromatic carboxylic acids is 1. The van der Waals surface area contributed by atoms with E-state index in [9.17, 15) is 22.0 Å². The maximum absolute atomic E-state index is 13.2. The average Bonchev–Trinajstić information content (AvgIpc) is 2.50. The van der Waals surface area contributed by atoms with E-state index in [1.165, 1.54) is 12.1 Å². The van der Waals surface area contributed by atoms with Gasteiger partial charge in [0.05, 0.1) is 16.1 Å². The summed E-state index contributed by atoms with van der Waals surface area (Å²) < 4.78 is 53.1. The van der Waals surface area contributed by atoms with Crippen LogP contribution in [0.4, 0.5) is 14.5 Å². The van der Waals surface area contributed by atoms with E-state index >= 15 is 0 Å². The van der Waals surface area contributed by atoms with Crippen molar-refractivity contribution in [3.05, 3.63) is 59.2 Å². The second-order valence-electron chi connectivity index (χ2n) is 4.72. The molecular weight excluding hydrogens is 328 g/mol. The van der Waals surface area contributed by atoms with Crippen molar-refractivity contribution in [2.75, 3.05) is 4.72 Å². The summed E-state index contributed by atoms with van der Waals surface area (Å²) in [4.78, 5) is 10.8. The first-order valence-corrected chi connectivity index (χ1v) is 8.07. The van der Waals surface area contributed by atoms with Crippen LogP contribution in [0.5, 0.6) is 0 Å². The van der Waals surface area contributed by atoms with Crippen molar-refractivity contribution in [3.8, 4) is 0 Å². The third-order valence-electron chi connectivity index (χ3n) is 3.16. The van der Waals surface area contributed by atoms with Gasteiger partial charge in [-0.05, 0) is 36.2 Å². The van der Waals surface area contributed by atoms with Crippen molar-refractivity contribution in [1.82, 2.24) is 0 Å². The Morgan fingerprint density at radius 2 is 1.83 bits per heavy atom. The summed E-state index contributed by atoms with van der Waals surface area (Å²) in [6.45, 7) is 1.71. The molecule has 2 rings (SSSR count). The normalized spacial score (nSPS) is 11.3. The van der Waals surface area contributed by atoms with Crippen molar-refractivity contribution < 1.29 is 27.1 Å². The number of hydrogen-bond acceptors (Lipinski definition) is 3. The molecule has 0 saturated heterocycles. The highest BCUT2D eigenvalue weighted by atomic mass is 32.2. The van der Waals surface area contributed by atoms with Crippen LogP contribution in [0.1, 0.15) is 22.8 Å². The fraction of sp³-hybridized carbons (Fsp3) is 0.133. The number of carboxylic acid groups (broad SMARTS) is 1. The van der Waals surface area contributed by atoms with Crippen molar-refractivity contribution in [1.29, 1.82) is 0 Å². The lowest BCUT2D eigenvalue weighted by Gasteiger charge is -2.12. The minimum absolute atomic E-state index is 0.160. The summed E-state index contributed by atoms with van der Waals surface area (Å²) in [7, 11) is -4.14. The van der Waals surface area contributed by atoms with E-state index in [1.54, 1.807) is 6.92 Å². The fourth-order valence-corrected chi connectivity index (χ4v) is 3.39. The van der Waals surface area contributed by atoms with Crippen LogP contribution >= 0.6 is 0 Å². The highest BCUT2D eigenvalue weighted by Crippen LogP contribution is 2.23. The molecule has 23 heavy (non-hydrogen) atoms. The number of nitrogens with one attached hydrogen (secondary N) is 1. The van der Waals surface area contributed by atoms with E-state index in [-0.39, 0.29) is 16.1 Å². The highest BCUT2D eigenvalue weighted by Gasteiger charge is 2.20. The summed E-state index contributed by atoms with van der Waals surface area (Å²) >= 11 is 0. The molecule has 0 aromatic heterocycles. The average molecular weight is 341 g/mol.